The summed E-state index contributed by atoms with van der Waals surface area (Å²) in [7, 11) is 1.53. The van der Waals surface area contributed by atoms with Gasteiger partial charge < -0.3 is 10.1 Å². The molecule has 0 atom stereocenters. The number of amides is 1. The summed E-state index contributed by atoms with van der Waals surface area (Å²) in [6, 6.07) is 6.85. The van der Waals surface area contributed by atoms with Crippen molar-refractivity contribution in [2.75, 3.05) is 12.4 Å². The van der Waals surface area contributed by atoms with Crippen molar-refractivity contribution < 1.29 is 9.53 Å². The normalized spacial score (nSPS) is 9.94. The van der Waals surface area contributed by atoms with Crippen LogP contribution in [0.25, 0.3) is 0 Å². The number of rotatable bonds is 3. The number of nitrogens with zero attached hydrogens (tertiary/aromatic N) is 1. The molecule has 0 bridgehead atoms. The lowest BCUT2D eigenvalue weighted by atomic mass is 10.3. The van der Waals surface area contributed by atoms with Crippen LogP contribution in [0.15, 0.2) is 29.1 Å². The van der Waals surface area contributed by atoms with E-state index in [1.165, 1.54) is 7.11 Å². The summed E-state index contributed by atoms with van der Waals surface area (Å²) in [4.78, 5) is 24.7. The number of aromatic amines is 2. The van der Waals surface area contributed by atoms with Gasteiger partial charge >= 0.3 is 5.69 Å². The van der Waals surface area contributed by atoms with E-state index >= 15 is 0 Å². The van der Waals surface area contributed by atoms with Crippen molar-refractivity contribution in [3.05, 3.63) is 40.6 Å². The quantitative estimate of drug-likeness (QED) is 0.713. The lowest BCUT2D eigenvalue weighted by Crippen LogP contribution is -2.14. The van der Waals surface area contributed by atoms with Gasteiger partial charge in [-0.3, -0.25) is 9.78 Å². The monoisotopic (exact) mass is 234 g/mol. The molecule has 0 spiro atoms. The van der Waals surface area contributed by atoms with Crippen LogP contribution in [0.1, 0.15) is 10.6 Å². The number of benzene rings is 1. The third-order valence-electron chi connectivity index (χ3n) is 2.04. The van der Waals surface area contributed by atoms with Gasteiger partial charge in [-0.05, 0) is 12.1 Å². The summed E-state index contributed by atoms with van der Waals surface area (Å²) in [5.41, 5.74) is 0.0268. The molecule has 17 heavy (non-hydrogen) atoms. The highest BCUT2D eigenvalue weighted by Gasteiger charge is 2.10. The number of nitrogens with one attached hydrogen (secondary N) is 3. The number of carbonyl (C=O) groups excluding carboxylic acids is 1. The Bertz CT molecular complexity index is 587. The van der Waals surface area contributed by atoms with Gasteiger partial charge in [-0.25, -0.2) is 9.89 Å². The van der Waals surface area contributed by atoms with Crippen molar-refractivity contribution in [2.45, 2.75) is 0 Å². The van der Waals surface area contributed by atoms with Crippen LogP contribution in [-0.4, -0.2) is 28.2 Å². The third-order valence-corrected chi connectivity index (χ3v) is 2.04. The van der Waals surface area contributed by atoms with E-state index in [1.807, 2.05) is 0 Å². The van der Waals surface area contributed by atoms with Gasteiger partial charge in [0.1, 0.15) is 5.75 Å². The van der Waals surface area contributed by atoms with Crippen molar-refractivity contribution >= 4 is 11.6 Å². The van der Waals surface area contributed by atoms with Crippen molar-refractivity contribution in [1.82, 2.24) is 15.2 Å². The van der Waals surface area contributed by atoms with Gasteiger partial charge in [0.25, 0.3) is 5.91 Å². The summed E-state index contributed by atoms with van der Waals surface area (Å²) in [5, 5.41) is 8.20. The van der Waals surface area contributed by atoms with Crippen molar-refractivity contribution in [2.24, 2.45) is 0 Å². The van der Waals surface area contributed by atoms with Crippen LogP contribution >= 0.6 is 0 Å². The molecule has 0 fully saturated rings. The first-order valence-electron chi connectivity index (χ1n) is 4.79. The Kier molecular flexibility index (Phi) is 2.91. The summed E-state index contributed by atoms with van der Waals surface area (Å²) >= 11 is 0. The zero-order chi connectivity index (χ0) is 12.3. The number of methoxy groups -OCH3 is 1. The molecular formula is C10H10N4O3. The summed E-state index contributed by atoms with van der Waals surface area (Å²) in [5.74, 6) is 0.0488. The van der Waals surface area contributed by atoms with Gasteiger partial charge in [-0.2, -0.15) is 0 Å². The number of carbonyl (C=O) groups is 1. The largest absolute Gasteiger partial charge is 0.497 e. The fourth-order valence-electron chi connectivity index (χ4n) is 1.27. The topological polar surface area (TPSA) is 99.9 Å². The second-order valence-corrected chi connectivity index (χ2v) is 3.21. The average molecular weight is 234 g/mol. The first kappa shape index (κ1) is 10.9. The second-order valence-electron chi connectivity index (χ2n) is 3.21. The fraction of sp³-hybridized carbons (Fsp3) is 0.100. The van der Waals surface area contributed by atoms with E-state index in [1.54, 1.807) is 24.3 Å². The van der Waals surface area contributed by atoms with Gasteiger partial charge in [0.15, 0.2) is 0 Å². The highest BCUT2D eigenvalue weighted by atomic mass is 16.5. The van der Waals surface area contributed by atoms with Crippen LogP contribution < -0.4 is 15.7 Å². The predicted octanol–water partition coefficient (Wildman–Crippen LogP) is 0.359. The van der Waals surface area contributed by atoms with E-state index in [2.05, 4.69) is 20.5 Å². The van der Waals surface area contributed by atoms with Crippen LogP contribution in [0, 0.1) is 0 Å². The molecule has 1 heterocycles. The molecule has 2 aromatic rings. The smallest absolute Gasteiger partial charge is 0.341 e. The molecule has 0 aliphatic carbocycles. The van der Waals surface area contributed by atoms with E-state index in [0.29, 0.717) is 11.4 Å². The number of aromatic nitrogens is 3. The lowest BCUT2D eigenvalue weighted by Gasteiger charge is -2.04. The maximum absolute atomic E-state index is 11.6. The minimum atomic E-state index is -0.527. The molecule has 7 heteroatoms. The Morgan fingerprint density at radius 3 is 2.94 bits per heavy atom. The molecule has 1 amide bonds. The van der Waals surface area contributed by atoms with E-state index in [0.717, 1.165) is 0 Å². The fourth-order valence-corrected chi connectivity index (χ4v) is 1.27. The Morgan fingerprint density at radius 2 is 2.29 bits per heavy atom. The lowest BCUT2D eigenvalue weighted by molar-refractivity contribution is 0.101. The predicted molar refractivity (Wildman–Crippen MR) is 60.2 cm³/mol. The van der Waals surface area contributed by atoms with Gasteiger partial charge in [-0.15, -0.1) is 5.10 Å². The first-order valence-corrected chi connectivity index (χ1v) is 4.79. The highest BCUT2D eigenvalue weighted by molar-refractivity contribution is 6.01. The Hall–Kier alpha value is -2.57. The van der Waals surface area contributed by atoms with E-state index in [9.17, 15) is 9.59 Å². The van der Waals surface area contributed by atoms with Crippen molar-refractivity contribution in [3.63, 3.8) is 0 Å². The van der Waals surface area contributed by atoms with Gasteiger partial charge in [-0.1, -0.05) is 6.07 Å². The van der Waals surface area contributed by atoms with Gasteiger partial charge in [0.2, 0.25) is 5.82 Å². The molecular weight excluding hydrogens is 224 g/mol. The third kappa shape index (κ3) is 2.51. The molecule has 3 N–H and O–H groups in total. The zero-order valence-corrected chi connectivity index (χ0v) is 8.98. The number of hydrogen-bond donors (Lipinski definition) is 3. The molecule has 88 valence electrons. The molecule has 0 saturated heterocycles. The molecule has 2 rings (SSSR count). The molecule has 0 saturated carbocycles. The minimum Gasteiger partial charge on any atom is -0.497 e. The van der Waals surface area contributed by atoms with Crippen molar-refractivity contribution in [3.8, 4) is 5.75 Å². The van der Waals surface area contributed by atoms with Crippen LogP contribution in [0.2, 0.25) is 0 Å². The van der Waals surface area contributed by atoms with Crippen molar-refractivity contribution in [1.29, 1.82) is 0 Å². The standard InChI is InChI=1S/C10H10N4O3/c1-17-7-4-2-3-6(5-7)11-9(15)8-12-10(16)14-13-8/h2-5H,1H3,(H,11,15)(H2,12,13,14,16). The number of hydrogen-bond acceptors (Lipinski definition) is 4. The Balaban J connectivity index is 2.15. The van der Waals surface area contributed by atoms with E-state index in [-0.39, 0.29) is 5.82 Å². The number of H-pyrrole nitrogens is 2. The van der Waals surface area contributed by atoms with E-state index < -0.39 is 11.6 Å². The number of ether oxygens (including phenoxy) is 1. The SMILES string of the molecule is COc1cccc(NC(=O)c2n[nH]c(=O)[nH]2)c1. The van der Waals surface area contributed by atoms with Crippen LogP contribution in [-0.2, 0) is 0 Å². The minimum absolute atomic E-state index is 0.0715. The molecule has 0 aliphatic heterocycles. The zero-order valence-electron chi connectivity index (χ0n) is 8.98. The summed E-state index contributed by atoms with van der Waals surface area (Å²) < 4.78 is 5.02. The summed E-state index contributed by atoms with van der Waals surface area (Å²) in [6.07, 6.45) is 0. The van der Waals surface area contributed by atoms with Crippen LogP contribution in [0.4, 0.5) is 5.69 Å². The Labute approximate surface area is 95.8 Å². The highest BCUT2D eigenvalue weighted by Crippen LogP contribution is 2.16. The maximum atomic E-state index is 11.6. The number of anilines is 1. The second kappa shape index (κ2) is 4.52. The molecule has 1 aromatic carbocycles. The van der Waals surface area contributed by atoms with Gasteiger partial charge in [0.05, 0.1) is 7.11 Å². The van der Waals surface area contributed by atoms with E-state index in [4.69, 9.17) is 4.74 Å². The first-order chi connectivity index (χ1) is 8.19. The van der Waals surface area contributed by atoms with Crippen LogP contribution in [0.5, 0.6) is 5.75 Å². The summed E-state index contributed by atoms with van der Waals surface area (Å²) in [6.45, 7) is 0. The van der Waals surface area contributed by atoms with Crippen LogP contribution in [0.3, 0.4) is 0 Å². The van der Waals surface area contributed by atoms with Gasteiger partial charge in [0, 0.05) is 11.8 Å². The molecule has 0 aliphatic rings. The maximum Gasteiger partial charge on any atom is 0.341 e. The average Bonchev–Trinajstić information content (AvgIpc) is 2.76. The molecule has 7 nitrogen and oxygen atoms in total. The molecule has 0 unspecified atom stereocenters. The Morgan fingerprint density at radius 1 is 1.47 bits per heavy atom. The molecule has 0 radical (unpaired) electrons. The molecule has 1 aromatic heterocycles.